The largest absolute Gasteiger partial charge is 0.354 e. The van der Waals surface area contributed by atoms with Gasteiger partial charge in [0.15, 0.2) is 0 Å². The molecule has 2 rings (SSSR count). The van der Waals surface area contributed by atoms with Gasteiger partial charge in [0, 0.05) is 12.6 Å². The third-order valence-corrected chi connectivity index (χ3v) is 5.04. The Morgan fingerprint density at radius 2 is 1.79 bits per heavy atom. The van der Waals surface area contributed by atoms with E-state index >= 15 is 0 Å². The van der Waals surface area contributed by atoms with Crippen molar-refractivity contribution in [3.63, 3.8) is 0 Å². The SMILES string of the molecule is CCC1CCC(CNC(=O)C2CCCC(C)N2)CC1. The molecule has 0 aromatic carbocycles. The van der Waals surface area contributed by atoms with Crippen LogP contribution in [0.25, 0.3) is 0 Å². The predicted molar refractivity (Wildman–Crippen MR) is 79.0 cm³/mol. The van der Waals surface area contributed by atoms with Crippen molar-refractivity contribution in [2.75, 3.05) is 6.54 Å². The molecule has 3 heteroatoms. The summed E-state index contributed by atoms with van der Waals surface area (Å²) >= 11 is 0. The highest BCUT2D eigenvalue weighted by molar-refractivity contribution is 5.81. The molecule has 1 saturated carbocycles. The van der Waals surface area contributed by atoms with Crippen LogP contribution >= 0.6 is 0 Å². The van der Waals surface area contributed by atoms with Crippen molar-refractivity contribution in [3.8, 4) is 0 Å². The van der Waals surface area contributed by atoms with E-state index in [1.54, 1.807) is 0 Å². The first-order valence-corrected chi connectivity index (χ1v) is 8.22. The molecule has 1 aliphatic heterocycles. The molecule has 2 aliphatic rings. The van der Waals surface area contributed by atoms with Crippen LogP contribution in [0.5, 0.6) is 0 Å². The molecule has 0 aromatic heterocycles. The number of carbonyl (C=O) groups is 1. The quantitative estimate of drug-likeness (QED) is 0.821. The summed E-state index contributed by atoms with van der Waals surface area (Å²) in [5.74, 6) is 1.88. The van der Waals surface area contributed by atoms with Gasteiger partial charge >= 0.3 is 0 Å². The van der Waals surface area contributed by atoms with E-state index in [0.29, 0.717) is 12.0 Å². The Morgan fingerprint density at radius 1 is 1.11 bits per heavy atom. The third kappa shape index (κ3) is 4.48. The van der Waals surface area contributed by atoms with E-state index in [0.717, 1.165) is 18.9 Å². The molecule has 3 nitrogen and oxygen atoms in total. The van der Waals surface area contributed by atoms with Gasteiger partial charge in [-0.25, -0.2) is 0 Å². The van der Waals surface area contributed by atoms with Gasteiger partial charge in [0.25, 0.3) is 0 Å². The lowest BCUT2D eigenvalue weighted by atomic mass is 9.81. The molecular weight excluding hydrogens is 236 g/mol. The molecule has 19 heavy (non-hydrogen) atoms. The Bertz CT molecular complexity index is 284. The number of nitrogens with one attached hydrogen (secondary N) is 2. The zero-order valence-corrected chi connectivity index (χ0v) is 12.6. The predicted octanol–water partition coefficient (Wildman–Crippen LogP) is 2.85. The Kier molecular flexibility index (Phi) is 5.68. The van der Waals surface area contributed by atoms with Gasteiger partial charge in [-0.1, -0.05) is 26.2 Å². The molecule has 1 aliphatic carbocycles. The fourth-order valence-corrected chi connectivity index (χ4v) is 3.56. The van der Waals surface area contributed by atoms with Gasteiger partial charge in [0.05, 0.1) is 6.04 Å². The summed E-state index contributed by atoms with van der Waals surface area (Å²) in [6, 6.07) is 0.542. The fourth-order valence-electron chi connectivity index (χ4n) is 3.56. The average molecular weight is 266 g/mol. The Labute approximate surface area is 117 Å². The molecule has 1 amide bonds. The Morgan fingerprint density at radius 3 is 2.42 bits per heavy atom. The van der Waals surface area contributed by atoms with Gasteiger partial charge in [0.1, 0.15) is 0 Å². The highest BCUT2D eigenvalue weighted by Gasteiger charge is 2.25. The van der Waals surface area contributed by atoms with Crippen molar-refractivity contribution in [3.05, 3.63) is 0 Å². The molecule has 2 atom stereocenters. The van der Waals surface area contributed by atoms with Crippen LogP contribution in [0.4, 0.5) is 0 Å². The van der Waals surface area contributed by atoms with Crippen molar-refractivity contribution in [1.29, 1.82) is 0 Å². The average Bonchev–Trinajstić information content (AvgIpc) is 2.45. The second-order valence-electron chi connectivity index (χ2n) is 6.59. The summed E-state index contributed by atoms with van der Waals surface area (Å²) < 4.78 is 0. The lowest BCUT2D eigenvalue weighted by Crippen LogP contribution is -2.50. The van der Waals surface area contributed by atoms with Crippen LogP contribution in [-0.2, 0) is 4.79 Å². The van der Waals surface area contributed by atoms with Crippen LogP contribution in [0.2, 0.25) is 0 Å². The lowest BCUT2D eigenvalue weighted by molar-refractivity contribution is -0.124. The van der Waals surface area contributed by atoms with Crippen molar-refractivity contribution in [2.45, 2.75) is 77.3 Å². The van der Waals surface area contributed by atoms with E-state index in [-0.39, 0.29) is 11.9 Å². The number of hydrogen-bond acceptors (Lipinski definition) is 2. The topological polar surface area (TPSA) is 41.1 Å². The summed E-state index contributed by atoms with van der Waals surface area (Å²) in [6.07, 6.45) is 10.0. The van der Waals surface area contributed by atoms with E-state index in [4.69, 9.17) is 0 Å². The maximum absolute atomic E-state index is 12.1. The van der Waals surface area contributed by atoms with Gasteiger partial charge < -0.3 is 10.6 Å². The monoisotopic (exact) mass is 266 g/mol. The second-order valence-corrected chi connectivity index (χ2v) is 6.59. The summed E-state index contributed by atoms with van der Waals surface area (Å²) in [6.45, 7) is 5.36. The number of carbonyl (C=O) groups excluding carboxylic acids is 1. The van der Waals surface area contributed by atoms with Gasteiger partial charge in [-0.05, 0) is 50.9 Å². The number of amides is 1. The molecule has 2 fully saturated rings. The summed E-state index contributed by atoms with van der Waals surface area (Å²) in [5, 5.41) is 6.58. The van der Waals surface area contributed by atoms with E-state index in [2.05, 4.69) is 24.5 Å². The normalized spacial score (nSPS) is 35.9. The molecule has 0 aromatic rings. The minimum Gasteiger partial charge on any atom is -0.354 e. The summed E-state index contributed by atoms with van der Waals surface area (Å²) in [5.41, 5.74) is 0. The lowest BCUT2D eigenvalue weighted by Gasteiger charge is -2.30. The zero-order chi connectivity index (χ0) is 13.7. The van der Waals surface area contributed by atoms with Gasteiger partial charge in [-0.15, -0.1) is 0 Å². The van der Waals surface area contributed by atoms with Gasteiger partial charge in [0.2, 0.25) is 5.91 Å². The van der Waals surface area contributed by atoms with Crippen molar-refractivity contribution in [1.82, 2.24) is 10.6 Å². The number of rotatable bonds is 4. The van der Waals surface area contributed by atoms with Gasteiger partial charge in [-0.2, -0.15) is 0 Å². The van der Waals surface area contributed by atoms with Crippen LogP contribution in [0.1, 0.15) is 65.2 Å². The molecule has 0 bridgehead atoms. The summed E-state index contributed by atoms with van der Waals surface area (Å²) in [7, 11) is 0. The maximum atomic E-state index is 12.1. The van der Waals surface area contributed by atoms with Crippen LogP contribution < -0.4 is 10.6 Å². The van der Waals surface area contributed by atoms with Gasteiger partial charge in [-0.3, -0.25) is 4.79 Å². The van der Waals surface area contributed by atoms with Crippen LogP contribution in [0.15, 0.2) is 0 Å². The van der Waals surface area contributed by atoms with E-state index in [1.807, 2.05) is 0 Å². The first-order chi connectivity index (χ1) is 9.19. The molecule has 2 N–H and O–H groups in total. The minimum absolute atomic E-state index is 0.0516. The zero-order valence-electron chi connectivity index (χ0n) is 12.6. The van der Waals surface area contributed by atoms with E-state index in [9.17, 15) is 4.79 Å². The molecular formula is C16H30N2O. The molecule has 2 unspecified atom stereocenters. The Hall–Kier alpha value is -0.570. The number of piperidine rings is 1. The smallest absolute Gasteiger partial charge is 0.237 e. The first kappa shape index (κ1) is 14.8. The highest BCUT2D eigenvalue weighted by atomic mass is 16.2. The number of hydrogen-bond donors (Lipinski definition) is 2. The van der Waals surface area contributed by atoms with E-state index in [1.165, 1.54) is 44.9 Å². The van der Waals surface area contributed by atoms with Crippen molar-refractivity contribution in [2.24, 2.45) is 11.8 Å². The standard InChI is InChI=1S/C16H30N2O/c1-3-13-7-9-14(10-8-13)11-17-16(19)15-6-4-5-12(2)18-15/h12-15,18H,3-11H2,1-2H3,(H,17,19). The highest BCUT2D eigenvalue weighted by Crippen LogP contribution is 2.30. The van der Waals surface area contributed by atoms with Crippen LogP contribution in [-0.4, -0.2) is 24.5 Å². The second kappa shape index (κ2) is 7.28. The van der Waals surface area contributed by atoms with Crippen LogP contribution in [0, 0.1) is 11.8 Å². The molecule has 1 heterocycles. The summed E-state index contributed by atoms with van der Waals surface area (Å²) in [4.78, 5) is 12.1. The molecule has 0 spiro atoms. The third-order valence-electron chi connectivity index (χ3n) is 5.04. The Balaban J connectivity index is 1.66. The van der Waals surface area contributed by atoms with Crippen LogP contribution in [0.3, 0.4) is 0 Å². The minimum atomic E-state index is 0.0516. The molecule has 0 radical (unpaired) electrons. The maximum Gasteiger partial charge on any atom is 0.237 e. The van der Waals surface area contributed by atoms with E-state index < -0.39 is 0 Å². The first-order valence-electron chi connectivity index (χ1n) is 8.22. The molecule has 1 saturated heterocycles. The van der Waals surface area contributed by atoms with Crippen molar-refractivity contribution < 1.29 is 4.79 Å². The fraction of sp³-hybridized carbons (Fsp3) is 0.938. The molecule has 110 valence electrons. The van der Waals surface area contributed by atoms with Crippen molar-refractivity contribution >= 4 is 5.91 Å².